The van der Waals surface area contributed by atoms with Gasteiger partial charge in [-0.25, -0.2) is 0 Å². The Bertz CT molecular complexity index is 644. The van der Waals surface area contributed by atoms with Crippen LogP contribution in [0.15, 0.2) is 47.1 Å². The van der Waals surface area contributed by atoms with Crippen LogP contribution in [0.3, 0.4) is 0 Å². The summed E-state index contributed by atoms with van der Waals surface area (Å²) in [7, 11) is 0. The number of hydrogen-bond acceptors (Lipinski definition) is 3. The Morgan fingerprint density at radius 1 is 1.04 bits per heavy atom. The fraction of sp³-hybridized carbons (Fsp3) is 0.333. The Kier molecular flexibility index (Phi) is 5.97. The lowest BCUT2D eigenvalue weighted by molar-refractivity contribution is 0.0756. The van der Waals surface area contributed by atoms with Gasteiger partial charge in [-0.15, -0.1) is 0 Å². The molecular formula is C18H22N2O3. The lowest BCUT2D eigenvalue weighted by Crippen LogP contribution is -2.33. The molecule has 0 radical (unpaired) electrons. The predicted molar refractivity (Wildman–Crippen MR) is 89.6 cm³/mol. The second-order valence-electron chi connectivity index (χ2n) is 5.27. The van der Waals surface area contributed by atoms with Gasteiger partial charge < -0.3 is 14.6 Å². The first-order valence-electron chi connectivity index (χ1n) is 7.90. The van der Waals surface area contributed by atoms with Gasteiger partial charge in [-0.3, -0.25) is 9.59 Å². The molecule has 1 aromatic carbocycles. The zero-order valence-electron chi connectivity index (χ0n) is 13.5. The molecule has 5 nitrogen and oxygen atoms in total. The molecule has 0 saturated carbocycles. The molecule has 0 atom stereocenters. The van der Waals surface area contributed by atoms with E-state index in [4.69, 9.17) is 4.42 Å². The van der Waals surface area contributed by atoms with Crippen LogP contribution in [0.5, 0.6) is 0 Å². The maximum absolute atomic E-state index is 12.8. The van der Waals surface area contributed by atoms with E-state index in [0.29, 0.717) is 24.3 Å². The van der Waals surface area contributed by atoms with E-state index in [1.807, 2.05) is 18.7 Å². The summed E-state index contributed by atoms with van der Waals surface area (Å²) in [6.45, 7) is 5.49. The number of carbonyl (C=O) groups excluding carboxylic acids is 2. The quantitative estimate of drug-likeness (QED) is 0.845. The molecule has 0 unspecified atom stereocenters. The minimum atomic E-state index is -0.368. The molecule has 0 aliphatic heterocycles. The maximum Gasteiger partial charge on any atom is 0.291 e. The Morgan fingerprint density at radius 3 is 2.35 bits per heavy atom. The monoisotopic (exact) mass is 314 g/mol. The van der Waals surface area contributed by atoms with Crippen molar-refractivity contribution in [2.24, 2.45) is 0 Å². The molecule has 0 saturated heterocycles. The number of hydrogen-bond donors (Lipinski definition) is 1. The van der Waals surface area contributed by atoms with Gasteiger partial charge in [0.2, 0.25) is 0 Å². The van der Waals surface area contributed by atoms with Crippen molar-refractivity contribution in [1.29, 1.82) is 0 Å². The smallest absolute Gasteiger partial charge is 0.291 e. The standard InChI is InChI=1S/C18H22N2O3/c1-3-11-20(12-4-2)18(22)14-8-5-6-9-15(14)19-17(21)16-10-7-13-23-16/h5-10,13H,3-4,11-12H2,1-2H3,(H,19,21). The second kappa shape index (κ2) is 8.17. The van der Waals surface area contributed by atoms with E-state index < -0.39 is 0 Å². The van der Waals surface area contributed by atoms with Gasteiger partial charge in [0.15, 0.2) is 5.76 Å². The minimum Gasteiger partial charge on any atom is -0.459 e. The van der Waals surface area contributed by atoms with E-state index in [2.05, 4.69) is 5.32 Å². The van der Waals surface area contributed by atoms with Gasteiger partial charge in [-0.1, -0.05) is 26.0 Å². The van der Waals surface area contributed by atoms with Crippen LogP contribution in [0, 0.1) is 0 Å². The SMILES string of the molecule is CCCN(CCC)C(=O)c1ccccc1NC(=O)c1ccco1. The number of amides is 2. The normalized spacial score (nSPS) is 10.3. The Balaban J connectivity index is 2.22. The lowest BCUT2D eigenvalue weighted by Gasteiger charge is -2.22. The molecule has 0 aliphatic carbocycles. The van der Waals surface area contributed by atoms with Gasteiger partial charge in [0.05, 0.1) is 17.5 Å². The molecule has 0 spiro atoms. The molecule has 1 N–H and O–H groups in total. The number of benzene rings is 1. The largest absolute Gasteiger partial charge is 0.459 e. The van der Waals surface area contributed by atoms with Crippen molar-refractivity contribution in [3.8, 4) is 0 Å². The highest BCUT2D eigenvalue weighted by atomic mass is 16.3. The zero-order valence-corrected chi connectivity index (χ0v) is 13.5. The third-order valence-electron chi connectivity index (χ3n) is 3.42. The number of para-hydroxylation sites is 1. The van der Waals surface area contributed by atoms with E-state index in [9.17, 15) is 9.59 Å². The van der Waals surface area contributed by atoms with Crippen molar-refractivity contribution < 1.29 is 14.0 Å². The van der Waals surface area contributed by atoms with Gasteiger partial charge in [0.25, 0.3) is 11.8 Å². The highest BCUT2D eigenvalue weighted by Crippen LogP contribution is 2.19. The number of furan rings is 1. The van der Waals surface area contributed by atoms with Gasteiger partial charge >= 0.3 is 0 Å². The van der Waals surface area contributed by atoms with Crippen molar-refractivity contribution in [2.75, 3.05) is 18.4 Å². The van der Waals surface area contributed by atoms with Crippen LogP contribution in [-0.4, -0.2) is 29.8 Å². The van der Waals surface area contributed by atoms with Crippen molar-refractivity contribution in [3.63, 3.8) is 0 Å². The molecule has 5 heteroatoms. The topological polar surface area (TPSA) is 62.6 Å². The predicted octanol–water partition coefficient (Wildman–Crippen LogP) is 3.79. The minimum absolute atomic E-state index is 0.0657. The molecule has 2 aromatic rings. The first kappa shape index (κ1) is 16.8. The number of rotatable bonds is 7. The van der Waals surface area contributed by atoms with E-state index in [1.54, 1.807) is 36.4 Å². The number of nitrogens with one attached hydrogen (secondary N) is 1. The Labute approximate surface area is 136 Å². The first-order valence-corrected chi connectivity index (χ1v) is 7.90. The van der Waals surface area contributed by atoms with Crippen LogP contribution < -0.4 is 5.32 Å². The summed E-state index contributed by atoms with van der Waals surface area (Å²) in [6.07, 6.45) is 3.23. The Morgan fingerprint density at radius 2 is 1.74 bits per heavy atom. The van der Waals surface area contributed by atoms with E-state index in [1.165, 1.54) is 6.26 Å². The van der Waals surface area contributed by atoms with Crippen LogP contribution in [0.4, 0.5) is 5.69 Å². The fourth-order valence-corrected chi connectivity index (χ4v) is 2.40. The summed E-state index contributed by atoms with van der Waals surface area (Å²) < 4.78 is 5.09. The molecular weight excluding hydrogens is 292 g/mol. The summed E-state index contributed by atoms with van der Waals surface area (Å²) >= 11 is 0. The molecule has 2 rings (SSSR count). The van der Waals surface area contributed by atoms with Crippen molar-refractivity contribution in [3.05, 3.63) is 54.0 Å². The highest BCUT2D eigenvalue weighted by Gasteiger charge is 2.19. The van der Waals surface area contributed by atoms with Gasteiger partial charge in [-0.2, -0.15) is 0 Å². The second-order valence-corrected chi connectivity index (χ2v) is 5.27. The summed E-state index contributed by atoms with van der Waals surface area (Å²) in [5, 5.41) is 2.75. The van der Waals surface area contributed by atoms with Gasteiger partial charge in [0, 0.05) is 13.1 Å². The fourth-order valence-electron chi connectivity index (χ4n) is 2.40. The van der Waals surface area contributed by atoms with Crippen LogP contribution >= 0.6 is 0 Å². The average molecular weight is 314 g/mol. The highest BCUT2D eigenvalue weighted by molar-refractivity contribution is 6.07. The van der Waals surface area contributed by atoms with Crippen LogP contribution in [0.1, 0.15) is 47.6 Å². The number of nitrogens with zero attached hydrogens (tertiary/aromatic N) is 1. The lowest BCUT2D eigenvalue weighted by atomic mass is 10.1. The van der Waals surface area contributed by atoms with Crippen LogP contribution in [-0.2, 0) is 0 Å². The summed E-state index contributed by atoms with van der Waals surface area (Å²) in [5.41, 5.74) is 0.991. The van der Waals surface area contributed by atoms with E-state index in [-0.39, 0.29) is 17.6 Å². The Hall–Kier alpha value is -2.56. The van der Waals surface area contributed by atoms with Crippen molar-refractivity contribution in [1.82, 2.24) is 4.90 Å². The van der Waals surface area contributed by atoms with E-state index >= 15 is 0 Å². The van der Waals surface area contributed by atoms with Crippen molar-refractivity contribution in [2.45, 2.75) is 26.7 Å². The van der Waals surface area contributed by atoms with Crippen LogP contribution in [0.25, 0.3) is 0 Å². The average Bonchev–Trinajstić information content (AvgIpc) is 3.09. The molecule has 2 amide bonds. The molecule has 0 fully saturated rings. The van der Waals surface area contributed by atoms with Crippen molar-refractivity contribution >= 4 is 17.5 Å². The maximum atomic E-state index is 12.8. The van der Waals surface area contributed by atoms with E-state index in [0.717, 1.165) is 12.8 Å². The van der Waals surface area contributed by atoms with Gasteiger partial charge in [0.1, 0.15) is 0 Å². The zero-order chi connectivity index (χ0) is 16.7. The number of anilines is 1. The summed E-state index contributed by atoms with van der Waals surface area (Å²) in [6, 6.07) is 10.3. The third-order valence-corrected chi connectivity index (χ3v) is 3.42. The summed E-state index contributed by atoms with van der Waals surface area (Å²) in [4.78, 5) is 26.7. The first-order chi connectivity index (χ1) is 11.2. The molecule has 23 heavy (non-hydrogen) atoms. The molecule has 122 valence electrons. The molecule has 1 aromatic heterocycles. The molecule has 0 bridgehead atoms. The summed E-state index contributed by atoms with van der Waals surface area (Å²) in [5.74, 6) is -0.219. The number of carbonyl (C=O) groups is 2. The van der Waals surface area contributed by atoms with Gasteiger partial charge in [-0.05, 0) is 37.1 Å². The molecule has 0 aliphatic rings. The van der Waals surface area contributed by atoms with Crippen LogP contribution in [0.2, 0.25) is 0 Å². The third kappa shape index (κ3) is 4.22. The molecule has 1 heterocycles.